The van der Waals surface area contributed by atoms with E-state index in [1.807, 2.05) is 6.07 Å². The zero-order valence-electron chi connectivity index (χ0n) is 6.81. The van der Waals surface area contributed by atoms with Gasteiger partial charge in [0.2, 0.25) is 0 Å². The molecule has 1 rings (SSSR count). The summed E-state index contributed by atoms with van der Waals surface area (Å²) < 4.78 is 12.5. The highest BCUT2D eigenvalue weighted by molar-refractivity contribution is 5.16. The first kappa shape index (κ1) is 10.1. The molecule has 0 bridgehead atoms. The molecule has 0 amide bonds. The summed E-state index contributed by atoms with van der Waals surface area (Å²) in [6.45, 7) is 2.09. The van der Waals surface area contributed by atoms with Crippen LogP contribution in [0.2, 0.25) is 0 Å². The maximum Gasteiger partial charge on any atom is 0.123 e. The van der Waals surface area contributed by atoms with Gasteiger partial charge in [0.1, 0.15) is 5.82 Å². The second kappa shape index (κ2) is 4.85. The maximum absolute atomic E-state index is 12.5. The summed E-state index contributed by atoms with van der Waals surface area (Å²) >= 11 is 0. The monoisotopic (exact) mass is 155 g/mol. The van der Waals surface area contributed by atoms with Gasteiger partial charge in [0.05, 0.1) is 0 Å². The summed E-state index contributed by atoms with van der Waals surface area (Å²) in [7, 11) is 0. The zero-order chi connectivity index (χ0) is 7.40. The van der Waals surface area contributed by atoms with Crippen LogP contribution in [0.1, 0.15) is 18.9 Å². The largest absolute Gasteiger partial charge is 0.344 e. The Kier molecular flexibility index (Phi) is 4.46. The van der Waals surface area contributed by atoms with Gasteiger partial charge in [-0.2, -0.15) is 0 Å². The number of hydrogen-bond acceptors (Lipinski definition) is 1. The Morgan fingerprint density at radius 2 is 2.09 bits per heavy atom. The van der Waals surface area contributed by atoms with Gasteiger partial charge in [0.25, 0.3) is 0 Å². The molecule has 0 saturated heterocycles. The minimum Gasteiger partial charge on any atom is -0.344 e. The van der Waals surface area contributed by atoms with Crippen LogP contribution in [0.25, 0.3) is 0 Å². The van der Waals surface area contributed by atoms with E-state index in [0.29, 0.717) is 0 Å². The van der Waals surface area contributed by atoms with E-state index in [9.17, 15) is 4.39 Å². The molecule has 0 aliphatic carbocycles. The smallest absolute Gasteiger partial charge is 0.123 e. The van der Waals surface area contributed by atoms with Crippen molar-refractivity contribution in [3.63, 3.8) is 0 Å². The van der Waals surface area contributed by atoms with Crippen molar-refractivity contribution in [1.29, 1.82) is 0 Å². The van der Waals surface area contributed by atoms with Gasteiger partial charge in [-0.25, -0.2) is 4.39 Å². The van der Waals surface area contributed by atoms with E-state index in [1.165, 1.54) is 6.07 Å². The molecular weight excluding hydrogens is 141 g/mol. The fraction of sp³-hybridized carbons (Fsp3) is 0.333. The van der Waals surface area contributed by atoms with Gasteiger partial charge < -0.3 is 6.15 Å². The number of aryl methyl sites for hydroxylation is 1. The molecule has 0 atom stereocenters. The van der Waals surface area contributed by atoms with Crippen molar-refractivity contribution < 1.29 is 4.39 Å². The van der Waals surface area contributed by atoms with Crippen LogP contribution >= 0.6 is 0 Å². The Labute approximate surface area is 66.8 Å². The molecule has 0 aliphatic rings. The van der Waals surface area contributed by atoms with Crippen molar-refractivity contribution in [2.75, 3.05) is 0 Å². The molecule has 0 saturated carbocycles. The average Bonchev–Trinajstić information content (AvgIpc) is 1.88. The Morgan fingerprint density at radius 3 is 2.64 bits per heavy atom. The quantitative estimate of drug-likeness (QED) is 0.700. The topological polar surface area (TPSA) is 35.0 Å². The third-order valence-electron chi connectivity index (χ3n) is 1.43. The summed E-state index contributed by atoms with van der Waals surface area (Å²) in [5.41, 5.74) is 1.09. The van der Waals surface area contributed by atoms with Crippen LogP contribution in [0, 0.1) is 5.82 Å². The Bertz CT molecular complexity index is 210. The SMILES string of the molecule is CCCc1cccc(F)c1.N. The molecule has 1 aromatic rings. The summed E-state index contributed by atoms with van der Waals surface area (Å²) in [6, 6.07) is 6.76. The standard InChI is InChI=1S/C9H11F.H3N/c1-2-4-8-5-3-6-9(10)7-8;/h3,5-7H,2,4H2,1H3;1H3. The van der Waals surface area contributed by atoms with Crippen molar-refractivity contribution in [1.82, 2.24) is 6.15 Å². The molecule has 0 heterocycles. The minimum atomic E-state index is -0.133. The zero-order valence-corrected chi connectivity index (χ0v) is 6.81. The van der Waals surface area contributed by atoms with Gasteiger partial charge in [0.15, 0.2) is 0 Å². The summed E-state index contributed by atoms with van der Waals surface area (Å²) in [5.74, 6) is -0.133. The lowest BCUT2D eigenvalue weighted by atomic mass is 10.1. The number of rotatable bonds is 2. The number of hydrogen-bond donors (Lipinski definition) is 1. The van der Waals surface area contributed by atoms with Gasteiger partial charge in [-0.05, 0) is 24.1 Å². The van der Waals surface area contributed by atoms with Crippen molar-refractivity contribution in [3.05, 3.63) is 35.6 Å². The summed E-state index contributed by atoms with van der Waals surface area (Å²) in [4.78, 5) is 0. The molecule has 0 aliphatic heterocycles. The number of benzene rings is 1. The maximum atomic E-state index is 12.5. The molecule has 0 unspecified atom stereocenters. The molecule has 0 radical (unpaired) electrons. The molecule has 1 aromatic carbocycles. The lowest BCUT2D eigenvalue weighted by Gasteiger charge is -1.95. The third-order valence-corrected chi connectivity index (χ3v) is 1.43. The van der Waals surface area contributed by atoms with E-state index < -0.39 is 0 Å². The molecule has 62 valence electrons. The second-order valence-corrected chi connectivity index (χ2v) is 2.38. The summed E-state index contributed by atoms with van der Waals surface area (Å²) in [6.07, 6.45) is 2.04. The fourth-order valence-corrected chi connectivity index (χ4v) is 0.981. The molecule has 0 aromatic heterocycles. The van der Waals surface area contributed by atoms with Crippen molar-refractivity contribution in [2.24, 2.45) is 0 Å². The highest BCUT2D eigenvalue weighted by Crippen LogP contribution is 2.05. The average molecular weight is 155 g/mol. The summed E-state index contributed by atoms with van der Waals surface area (Å²) in [5, 5.41) is 0. The molecule has 11 heavy (non-hydrogen) atoms. The third kappa shape index (κ3) is 3.14. The predicted molar refractivity (Wildman–Crippen MR) is 45.4 cm³/mol. The Balaban J connectivity index is 0.000001000. The first-order valence-corrected chi connectivity index (χ1v) is 3.57. The Hall–Kier alpha value is -0.890. The van der Waals surface area contributed by atoms with Gasteiger partial charge in [-0.1, -0.05) is 25.5 Å². The van der Waals surface area contributed by atoms with Crippen LogP contribution in [-0.2, 0) is 6.42 Å². The van der Waals surface area contributed by atoms with E-state index in [2.05, 4.69) is 6.92 Å². The normalized spacial score (nSPS) is 8.91. The molecule has 2 heteroatoms. The van der Waals surface area contributed by atoms with Gasteiger partial charge in [0, 0.05) is 0 Å². The van der Waals surface area contributed by atoms with E-state index in [4.69, 9.17) is 0 Å². The fourth-order valence-electron chi connectivity index (χ4n) is 0.981. The van der Waals surface area contributed by atoms with Crippen molar-refractivity contribution in [3.8, 4) is 0 Å². The Morgan fingerprint density at radius 1 is 1.36 bits per heavy atom. The van der Waals surface area contributed by atoms with Gasteiger partial charge in [-0.3, -0.25) is 0 Å². The molecular formula is C9H14FN. The second-order valence-electron chi connectivity index (χ2n) is 2.38. The van der Waals surface area contributed by atoms with E-state index in [1.54, 1.807) is 12.1 Å². The highest BCUT2D eigenvalue weighted by Gasteiger charge is 1.91. The minimum absolute atomic E-state index is 0. The molecule has 3 N–H and O–H groups in total. The van der Waals surface area contributed by atoms with Crippen molar-refractivity contribution in [2.45, 2.75) is 19.8 Å². The first-order chi connectivity index (χ1) is 4.83. The van der Waals surface area contributed by atoms with Crippen LogP contribution in [0.4, 0.5) is 4.39 Å². The van der Waals surface area contributed by atoms with Crippen LogP contribution < -0.4 is 6.15 Å². The molecule has 1 nitrogen and oxygen atoms in total. The van der Waals surface area contributed by atoms with Crippen LogP contribution in [0.15, 0.2) is 24.3 Å². The number of halogens is 1. The van der Waals surface area contributed by atoms with E-state index in [0.717, 1.165) is 18.4 Å². The first-order valence-electron chi connectivity index (χ1n) is 3.57. The van der Waals surface area contributed by atoms with Crippen LogP contribution in [0.3, 0.4) is 0 Å². The van der Waals surface area contributed by atoms with Gasteiger partial charge >= 0.3 is 0 Å². The van der Waals surface area contributed by atoms with E-state index >= 15 is 0 Å². The van der Waals surface area contributed by atoms with Crippen LogP contribution in [-0.4, -0.2) is 0 Å². The van der Waals surface area contributed by atoms with E-state index in [-0.39, 0.29) is 12.0 Å². The van der Waals surface area contributed by atoms with Crippen LogP contribution in [0.5, 0.6) is 0 Å². The highest BCUT2D eigenvalue weighted by atomic mass is 19.1. The molecule has 0 fully saturated rings. The van der Waals surface area contributed by atoms with Gasteiger partial charge in [-0.15, -0.1) is 0 Å². The predicted octanol–water partition coefficient (Wildman–Crippen LogP) is 2.94. The van der Waals surface area contributed by atoms with Crippen molar-refractivity contribution >= 4 is 0 Å². The molecule has 0 spiro atoms. The lowest BCUT2D eigenvalue weighted by Crippen LogP contribution is -1.82. The lowest BCUT2D eigenvalue weighted by molar-refractivity contribution is 0.625.